The van der Waals surface area contributed by atoms with Crippen molar-refractivity contribution in [2.24, 2.45) is 5.84 Å². The number of aryl methyl sites for hydroxylation is 1. The predicted octanol–water partition coefficient (Wildman–Crippen LogP) is 2.86. The van der Waals surface area contributed by atoms with Crippen LogP contribution in [0.2, 0.25) is 0 Å². The maximum atomic E-state index is 5.61. The Bertz CT molecular complexity index is 607. The van der Waals surface area contributed by atoms with E-state index < -0.39 is 0 Å². The third kappa shape index (κ3) is 3.01. The molecule has 3 N–H and O–H groups in total. The van der Waals surface area contributed by atoms with Crippen LogP contribution in [0.4, 0.5) is 11.6 Å². The summed E-state index contributed by atoms with van der Waals surface area (Å²) in [6, 6.07) is 2.77. The molecule has 0 atom stereocenters. The molecule has 0 bridgehead atoms. The lowest BCUT2D eigenvalue weighted by molar-refractivity contribution is 0.762. The average Bonchev–Trinajstić information content (AvgIpc) is 3.22. The van der Waals surface area contributed by atoms with Gasteiger partial charge in [0.2, 0.25) is 0 Å². The Morgan fingerprint density at radius 1 is 1.43 bits per heavy atom. The largest absolute Gasteiger partial charge is 0.349 e. The van der Waals surface area contributed by atoms with Crippen LogP contribution in [0.25, 0.3) is 0 Å². The molecule has 1 aliphatic carbocycles. The van der Waals surface area contributed by atoms with Crippen molar-refractivity contribution in [2.75, 3.05) is 10.3 Å². The van der Waals surface area contributed by atoms with Crippen LogP contribution >= 0.6 is 11.3 Å². The molecule has 0 radical (unpaired) electrons. The van der Waals surface area contributed by atoms with Crippen molar-refractivity contribution in [3.63, 3.8) is 0 Å². The third-order valence-electron chi connectivity index (χ3n) is 3.81. The molecule has 0 amide bonds. The van der Waals surface area contributed by atoms with Gasteiger partial charge in [0, 0.05) is 24.6 Å². The molecule has 0 aromatic carbocycles. The predicted molar refractivity (Wildman–Crippen MR) is 87.5 cm³/mol. The number of hydrogen-bond acceptors (Lipinski definition) is 6. The lowest BCUT2D eigenvalue weighted by Gasteiger charge is -2.26. The van der Waals surface area contributed by atoms with Crippen molar-refractivity contribution in [2.45, 2.75) is 45.7 Å². The number of rotatable bonds is 6. The molecule has 0 saturated heterocycles. The first-order valence-electron chi connectivity index (χ1n) is 7.34. The second-order valence-electron chi connectivity index (χ2n) is 5.43. The molecule has 0 spiro atoms. The van der Waals surface area contributed by atoms with E-state index in [1.807, 2.05) is 6.92 Å². The Morgan fingerprint density at radius 2 is 2.24 bits per heavy atom. The molecule has 21 heavy (non-hydrogen) atoms. The number of nitrogens with one attached hydrogen (secondary N) is 1. The normalized spacial score (nSPS) is 14.2. The van der Waals surface area contributed by atoms with Crippen LogP contribution in [0.15, 0.2) is 16.8 Å². The minimum Gasteiger partial charge on any atom is -0.349 e. The van der Waals surface area contributed by atoms with E-state index in [-0.39, 0.29) is 0 Å². The molecule has 5 nitrogen and oxygen atoms in total. The highest BCUT2D eigenvalue weighted by Gasteiger charge is 2.32. The fourth-order valence-electron chi connectivity index (χ4n) is 2.47. The topological polar surface area (TPSA) is 67.1 Å². The van der Waals surface area contributed by atoms with Crippen LogP contribution in [-0.2, 0) is 13.0 Å². The van der Waals surface area contributed by atoms with E-state index in [9.17, 15) is 0 Å². The number of anilines is 2. The van der Waals surface area contributed by atoms with Gasteiger partial charge in [-0.15, -0.1) is 0 Å². The fraction of sp³-hybridized carbons (Fsp3) is 0.467. The second kappa shape index (κ2) is 5.99. The van der Waals surface area contributed by atoms with E-state index >= 15 is 0 Å². The lowest BCUT2D eigenvalue weighted by Crippen LogP contribution is -2.28. The van der Waals surface area contributed by atoms with Gasteiger partial charge in [0.1, 0.15) is 17.5 Å². The van der Waals surface area contributed by atoms with E-state index in [4.69, 9.17) is 10.8 Å². The number of nitrogen functional groups attached to an aromatic ring is 1. The summed E-state index contributed by atoms with van der Waals surface area (Å²) in [5, 5.41) is 4.33. The first-order valence-corrected chi connectivity index (χ1v) is 8.29. The van der Waals surface area contributed by atoms with E-state index in [1.54, 1.807) is 11.3 Å². The summed E-state index contributed by atoms with van der Waals surface area (Å²) in [7, 11) is 0. The number of aromatic nitrogens is 2. The molecule has 0 unspecified atom stereocenters. The fourth-order valence-corrected chi connectivity index (χ4v) is 3.13. The number of thiophene rings is 1. The van der Waals surface area contributed by atoms with Crippen LogP contribution in [0, 0.1) is 6.92 Å². The number of hydrogen-bond donors (Lipinski definition) is 2. The molecule has 1 fully saturated rings. The first kappa shape index (κ1) is 14.3. The maximum absolute atomic E-state index is 5.61. The van der Waals surface area contributed by atoms with Crippen molar-refractivity contribution in [1.29, 1.82) is 0 Å². The summed E-state index contributed by atoms with van der Waals surface area (Å²) in [5.74, 6) is 8.19. The highest BCUT2D eigenvalue weighted by Crippen LogP contribution is 2.35. The molecule has 1 aliphatic rings. The Kier molecular flexibility index (Phi) is 4.07. The minimum atomic E-state index is 0.592. The van der Waals surface area contributed by atoms with Crippen molar-refractivity contribution in [3.05, 3.63) is 33.8 Å². The van der Waals surface area contributed by atoms with Gasteiger partial charge in [0.05, 0.1) is 0 Å². The molecular weight excluding hydrogens is 282 g/mol. The third-order valence-corrected chi connectivity index (χ3v) is 4.54. The van der Waals surface area contributed by atoms with Crippen LogP contribution in [0.3, 0.4) is 0 Å². The second-order valence-corrected chi connectivity index (χ2v) is 6.21. The Balaban J connectivity index is 1.98. The molecule has 3 rings (SSSR count). The van der Waals surface area contributed by atoms with E-state index in [2.05, 4.69) is 39.1 Å². The van der Waals surface area contributed by atoms with Gasteiger partial charge in [-0.1, -0.05) is 6.92 Å². The van der Waals surface area contributed by atoms with Crippen LogP contribution in [0.5, 0.6) is 0 Å². The molecule has 2 heterocycles. The number of nitrogens with zero attached hydrogens (tertiary/aromatic N) is 3. The summed E-state index contributed by atoms with van der Waals surface area (Å²) in [5.41, 5.74) is 5.07. The van der Waals surface area contributed by atoms with E-state index in [0.29, 0.717) is 6.04 Å². The van der Waals surface area contributed by atoms with Gasteiger partial charge in [-0.05, 0) is 42.2 Å². The van der Waals surface area contributed by atoms with Gasteiger partial charge in [0.25, 0.3) is 0 Å². The molecule has 0 aliphatic heterocycles. The minimum absolute atomic E-state index is 0.592. The average molecular weight is 303 g/mol. The van der Waals surface area contributed by atoms with Crippen molar-refractivity contribution < 1.29 is 0 Å². The molecule has 6 heteroatoms. The van der Waals surface area contributed by atoms with Gasteiger partial charge >= 0.3 is 0 Å². The zero-order chi connectivity index (χ0) is 14.8. The van der Waals surface area contributed by atoms with Gasteiger partial charge in [-0.3, -0.25) is 0 Å². The van der Waals surface area contributed by atoms with E-state index in [0.717, 1.165) is 36.0 Å². The quantitative estimate of drug-likeness (QED) is 0.634. The maximum Gasteiger partial charge on any atom is 0.148 e. The molecule has 1 saturated carbocycles. The lowest BCUT2D eigenvalue weighted by atomic mass is 10.2. The summed E-state index contributed by atoms with van der Waals surface area (Å²) in [6.07, 6.45) is 3.28. The summed E-state index contributed by atoms with van der Waals surface area (Å²) in [4.78, 5) is 11.6. The SMILES string of the molecule is CCc1nc(NN)c(C)c(N(Cc2ccsc2)C2CC2)n1. The van der Waals surface area contributed by atoms with Crippen LogP contribution in [-0.4, -0.2) is 16.0 Å². The zero-order valence-corrected chi connectivity index (χ0v) is 13.3. The number of nitrogens with two attached hydrogens (primary N) is 1. The Morgan fingerprint density at radius 3 is 2.81 bits per heavy atom. The van der Waals surface area contributed by atoms with Crippen molar-refractivity contribution >= 4 is 23.0 Å². The molecular formula is C15H21N5S. The first-order chi connectivity index (χ1) is 10.2. The van der Waals surface area contributed by atoms with E-state index in [1.165, 1.54) is 18.4 Å². The van der Waals surface area contributed by atoms with Gasteiger partial charge < -0.3 is 10.3 Å². The Hall–Kier alpha value is -1.66. The summed E-state index contributed by atoms with van der Waals surface area (Å²) < 4.78 is 0. The van der Waals surface area contributed by atoms with Crippen LogP contribution in [0.1, 0.15) is 36.7 Å². The smallest absolute Gasteiger partial charge is 0.148 e. The highest BCUT2D eigenvalue weighted by atomic mass is 32.1. The van der Waals surface area contributed by atoms with Crippen molar-refractivity contribution in [3.8, 4) is 0 Å². The van der Waals surface area contributed by atoms with Crippen LogP contribution < -0.4 is 16.2 Å². The monoisotopic (exact) mass is 303 g/mol. The Labute approximate surface area is 129 Å². The van der Waals surface area contributed by atoms with Gasteiger partial charge in [-0.25, -0.2) is 15.8 Å². The molecule has 112 valence electrons. The van der Waals surface area contributed by atoms with Gasteiger partial charge in [0.15, 0.2) is 0 Å². The van der Waals surface area contributed by atoms with Crippen molar-refractivity contribution in [1.82, 2.24) is 9.97 Å². The standard InChI is InChI=1S/C15H21N5S/c1-3-13-17-14(19-16)10(2)15(18-13)20(12-4-5-12)8-11-6-7-21-9-11/h6-7,9,12H,3-5,8,16H2,1-2H3,(H,17,18,19). The molecule has 2 aromatic heterocycles. The number of hydrazine groups is 1. The highest BCUT2D eigenvalue weighted by molar-refractivity contribution is 7.07. The summed E-state index contributed by atoms with van der Waals surface area (Å²) >= 11 is 1.74. The van der Waals surface area contributed by atoms with Gasteiger partial charge in [-0.2, -0.15) is 11.3 Å². The summed E-state index contributed by atoms with van der Waals surface area (Å²) in [6.45, 7) is 5.00. The molecule has 2 aromatic rings. The zero-order valence-electron chi connectivity index (χ0n) is 12.5.